The quantitative estimate of drug-likeness (QED) is 0.862. The van der Waals surface area contributed by atoms with Crippen molar-refractivity contribution in [1.29, 1.82) is 0 Å². The molecule has 2 aliphatic heterocycles. The molecule has 2 heterocycles. The topological polar surface area (TPSA) is 53.6 Å². The van der Waals surface area contributed by atoms with Crippen molar-refractivity contribution in [2.45, 2.75) is 31.5 Å². The average Bonchev–Trinajstić information content (AvgIpc) is 2.58. The molecule has 1 atom stereocenters. The summed E-state index contributed by atoms with van der Waals surface area (Å²) in [4.78, 5) is 14.6. The zero-order valence-corrected chi connectivity index (χ0v) is 13.0. The zero-order chi connectivity index (χ0) is 15.2. The van der Waals surface area contributed by atoms with Crippen molar-refractivity contribution in [2.24, 2.45) is 0 Å². The Morgan fingerprint density at radius 3 is 2.73 bits per heavy atom. The Bertz CT molecular complexity index is 466. The summed E-state index contributed by atoms with van der Waals surface area (Å²) < 4.78 is 5.34. The molecule has 1 aromatic carbocycles. The Kier molecular flexibility index (Phi) is 5.43. The molecule has 2 aliphatic rings. The van der Waals surface area contributed by atoms with Gasteiger partial charge in [0, 0.05) is 32.2 Å². The molecular formula is C17H25N3O2. The number of nitrogens with one attached hydrogen (secondary N) is 2. The summed E-state index contributed by atoms with van der Waals surface area (Å²) in [7, 11) is 0. The molecule has 0 saturated carbocycles. The molecule has 2 fully saturated rings. The van der Waals surface area contributed by atoms with Crippen LogP contribution in [0, 0.1) is 0 Å². The van der Waals surface area contributed by atoms with Gasteiger partial charge >= 0.3 is 0 Å². The van der Waals surface area contributed by atoms with E-state index in [1.54, 1.807) is 0 Å². The Morgan fingerprint density at radius 2 is 2.05 bits per heavy atom. The van der Waals surface area contributed by atoms with Crippen LogP contribution in [-0.4, -0.2) is 55.7 Å². The van der Waals surface area contributed by atoms with E-state index in [4.69, 9.17) is 4.74 Å². The minimum Gasteiger partial charge on any atom is -0.378 e. The van der Waals surface area contributed by atoms with E-state index in [-0.39, 0.29) is 11.9 Å². The smallest absolute Gasteiger partial charge is 0.239 e. The second kappa shape index (κ2) is 7.72. The highest BCUT2D eigenvalue weighted by molar-refractivity contribution is 5.82. The number of carbonyl (C=O) groups is 1. The van der Waals surface area contributed by atoms with Crippen LogP contribution < -0.4 is 10.6 Å². The van der Waals surface area contributed by atoms with Gasteiger partial charge in [-0.1, -0.05) is 30.3 Å². The van der Waals surface area contributed by atoms with Crippen LogP contribution in [0.3, 0.4) is 0 Å². The maximum atomic E-state index is 12.2. The van der Waals surface area contributed by atoms with Gasteiger partial charge in [0.1, 0.15) is 6.04 Å². The first-order valence-electron chi connectivity index (χ1n) is 8.19. The Labute approximate surface area is 132 Å². The number of piperidine rings is 1. The fraction of sp³-hybridized carbons (Fsp3) is 0.588. The number of nitrogens with zero attached hydrogens (tertiary/aromatic N) is 1. The molecule has 0 radical (unpaired) electrons. The van der Waals surface area contributed by atoms with Gasteiger partial charge in [-0.3, -0.25) is 9.69 Å². The van der Waals surface area contributed by atoms with Crippen molar-refractivity contribution in [2.75, 3.05) is 32.8 Å². The summed E-state index contributed by atoms with van der Waals surface area (Å²) in [6.45, 7) is 5.01. The predicted molar refractivity (Wildman–Crippen MR) is 85.5 cm³/mol. The lowest BCUT2D eigenvalue weighted by atomic mass is 10.0. The molecule has 0 bridgehead atoms. The summed E-state index contributed by atoms with van der Waals surface area (Å²) in [5, 5.41) is 6.37. The van der Waals surface area contributed by atoms with Gasteiger partial charge in [-0.25, -0.2) is 0 Å². The third-order valence-electron chi connectivity index (χ3n) is 4.42. The standard InChI is InChI=1S/C17H25N3O2/c21-17(16-13-22-11-8-18-16)19-15-6-9-20(10-7-15)12-14-4-2-1-3-5-14/h1-5,15-16,18H,6-13H2,(H,19,21). The zero-order valence-electron chi connectivity index (χ0n) is 13.0. The van der Waals surface area contributed by atoms with Crippen LogP contribution >= 0.6 is 0 Å². The van der Waals surface area contributed by atoms with Crippen LogP contribution in [-0.2, 0) is 16.1 Å². The number of ether oxygens (including phenoxy) is 1. The number of morpholine rings is 1. The maximum Gasteiger partial charge on any atom is 0.239 e. The third kappa shape index (κ3) is 4.29. The highest BCUT2D eigenvalue weighted by Crippen LogP contribution is 2.14. The SMILES string of the molecule is O=C(NC1CCN(Cc2ccccc2)CC1)C1COCCN1. The van der Waals surface area contributed by atoms with E-state index >= 15 is 0 Å². The van der Waals surface area contributed by atoms with Crippen LogP contribution in [0.4, 0.5) is 0 Å². The van der Waals surface area contributed by atoms with Crippen molar-refractivity contribution in [1.82, 2.24) is 15.5 Å². The van der Waals surface area contributed by atoms with Crippen molar-refractivity contribution in [3.05, 3.63) is 35.9 Å². The lowest BCUT2D eigenvalue weighted by Gasteiger charge is -2.33. The summed E-state index contributed by atoms with van der Waals surface area (Å²) in [5.41, 5.74) is 1.36. The molecule has 22 heavy (non-hydrogen) atoms. The fourth-order valence-electron chi connectivity index (χ4n) is 3.11. The lowest BCUT2D eigenvalue weighted by molar-refractivity contribution is -0.126. The molecule has 5 heteroatoms. The number of amides is 1. The molecule has 2 N–H and O–H groups in total. The highest BCUT2D eigenvalue weighted by Gasteiger charge is 2.25. The lowest BCUT2D eigenvalue weighted by Crippen LogP contribution is -2.54. The molecule has 0 aliphatic carbocycles. The van der Waals surface area contributed by atoms with Crippen LogP contribution in [0.15, 0.2) is 30.3 Å². The summed E-state index contributed by atoms with van der Waals surface area (Å²) in [6.07, 6.45) is 2.04. The summed E-state index contributed by atoms with van der Waals surface area (Å²) in [5.74, 6) is 0.0845. The van der Waals surface area contributed by atoms with Gasteiger partial charge in [-0.15, -0.1) is 0 Å². The molecule has 1 amide bonds. The van der Waals surface area contributed by atoms with Gasteiger partial charge in [0.25, 0.3) is 0 Å². The Morgan fingerprint density at radius 1 is 1.27 bits per heavy atom. The van der Waals surface area contributed by atoms with E-state index in [2.05, 4.69) is 39.8 Å². The van der Waals surface area contributed by atoms with Gasteiger partial charge in [-0.2, -0.15) is 0 Å². The van der Waals surface area contributed by atoms with E-state index in [1.807, 2.05) is 6.07 Å². The van der Waals surface area contributed by atoms with E-state index in [1.165, 1.54) is 5.56 Å². The van der Waals surface area contributed by atoms with Gasteiger partial charge in [0.15, 0.2) is 0 Å². The molecule has 5 nitrogen and oxygen atoms in total. The number of benzene rings is 1. The van der Waals surface area contributed by atoms with Gasteiger partial charge in [0.2, 0.25) is 5.91 Å². The minimum atomic E-state index is -0.184. The number of likely N-dealkylation sites (tertiary alicyclic amines) is 1. The Hall–Kier alpha value is -1.43. The monoisotopic (exact) mass is 303 g/mol. The molecular weight excluding hydrogens is 278 g/mol. The summed E-state index contributed by atoms with van der Waals surface area (Å²) >= 11 is 0. The molecule has 0 spiro atoms. The van der Waals surface area contributed by atoms with Crippen LogP contribution in [0.5, 0.6) is 0 Å². The van der Waals surface area contributed by atoms with Gasteiger partial charge in [0.05, 0.1) is 13.2 Å². The van der Waals surface area contributed by atoms with Gasteiger partial charge < -0.3 is 15.4 Å². The molecule has 0 aromatic heterocycles. The number of carbonyl (C=O) groups excluding carboxylic acids is 1. The average molecular weight is 303 g/mol. The number of hydrogen-bond acceptors (Lipinski definition) is 4. The van der Waals surface area contributed by atoms with E-state index in [0.29, 0.717) is 19.3 Å². The van der Waals surface area contributed by atoms with E-state index in [0.717, 1.165) is 39.0 Å². The maximum absolute atomic E-state index is 12.2. The first kappa shape index (κ1) is 15.5. The van der Waals surface area contributed by atoms with Crippen molar-refractivity contribution in [3.63, 3.8) is 0 Å². The molecule has 3 rings (SSSR count). The van der Waals surface area contributed by atoms with Crippen LogP contribution in [0.25, 0.3) is 0 Å². The number of rotatable bonds is 4. The minimum absolute atomic E-state index is 0.0845. The molecule has 120 valence electrons. The first-order chi connectivity index (χ1) is 10.8. The van der Waals surface area contributed by atoms with Crippen molar-refractivity contribution < 1.29 is 9.53 Å². The second-order valence-electron chi connectivity index (χ2n) is 6.13. The van der Waals surface area contributed by atoms with Crippen molar-refractivity contribution >= 4 is 5.91 Å². The normalized spacial score (nSPS) is 24.1. The first-order valence-corrected chi connectivity index (χ1v) is 8.19. The van der Waals surface area contributed by atoms with E-state index in [9.17, 15) is 4.79 Å². The third-order valence-corrected chi connectivity index (χ3v) is 4.42. The van der Waals surface area contributed by atoms with E-state index < -0.39 is 0 Å². The largest absolute Gasteiger partial charge is 0.378 e. The fourth-order valence-corrected chi connectivity index (χ4v) is 3.11. The second-order valence-corrected chi connectivity index (χ2v) is 6.13. The van der Waals surface area contributed by atoms with Gasteiger partial charge in [-0.05, 0) is 18.4 Å². The Balaban J connectivity index is 1.40. The highest BCUT2D eigenvalue weighted by atomic mass is 16.5. The summed E-state index contributed by atoms with van der Waals surface area (Å²) in [6, 6.07) is 10.7. The number of hydrogen-bond donors (Lipinski definition) is 2. The predicted octanol–water partition coefficient (Wildman–Crippen LogP) is 0.756. The molecule has 1 aromatic rings. The molecule has 2 saturated heterocycles. The van der Waals surface area contributed by atoms with Crippen LogP contribution in [0.2, 0.25) is 0 Å². The van der Waals surface area contributed by atoms with Crippen molar-refractivity contribution in [3.8, 4) is 0 Å². The van der Waals surface area contributed by atoms with Crippen LogP contribution in [0.1, 0.15) is 18.4 Å². The molecule has 1 unspecified atom stereocenters.